The molecule has 0 saturated heterocycles. The van der Waals surface area contributed by atoms with Crippen LogP contribution in [0.3, 0.4) is 0 Å². The van der Waals surface area contributed by atoms with Gasteiger partial charge in [-0.2, -0.15) is 0 Å². The molecule has 0 amide bonds. The first-order valence-electron chi connectivity index (χ1n) is 5.92. The van der Waals surface area contributed by atoms with Crippen LogP contribution >= 0.6 is 0 Å². The lowest BCUT2D eigenvalue weighted by atomic mass is 10.1. The second-order valence-electron chi connectivity index (χ2n) is 4.23. The van der Waals surface area contributed by atoms with Crippen molar-refractivity contribution in [2.24, 2.45) is 0 Å². The molecule has 17 heavy (non-hydrogen) atoms. The number of hydrogen-bond acceptors (Lipinski definition) is 5. The molecule has 0 aliphatic heterocycles. The van der Waals surface area contributed by atoms with Crippen molar-refractivity contribution in [3.05, 3.63) is 11.9 Å². The highest BCUT2D eigenvalue weighted by Gasteiger charge is 2.16. The number of methoxy groups -OCH3 is 1. The van der Waals surface area contributed by atoms with Crippen LogP contribution in [-0.2, 0) is 11.2 Å². The fourth-order valence-electron chi connectivity index (χ4n) is 1.77. The Balaban J connectivity index is 2.99. The molecule has 5 heteroatoms. The molecule has 0 spiro atoms. The number of nitrogens with zero attached hydrogens (tertiary/aromatic N) is 3. The van der Waals surface area contributed by atoms with Gasteiger partial charge in [0.25, 0.3) is 0 Å². The summed E-state index contributed by atoms with van der Waals surface area (Å²) in [5.41, 5.74) is 6.94. The average Bonchev–Trinajstić information content (AvgIpc) is 2.31. The Labute approximate surface area is 103 Å². The predicted molar refractivity (Wildman–Crippen MR) is 70.2 cm³/mol. The molecule has 5 nitrogen and oxygen atoms in total. The van der Waals surface area contributed by atoms with Crippen LogP contribution in [0, 0.1) is 0 Å². The van der Waals surface area contributed by atoms with E-state index in [0.717, 1.165) is 24.2 Å². The Morgan fingerprint density at radius 2 is 2.18 bits per heavy atom. The Kier molecular flexibility index (Phi) is 5.15. The van der Waals surface area contributed by atoms with Gasteiger partial charge in [0, 0.05) is 19.7 Å². The minimum absolute atomic E-state index is 0.255. The number of aromatic nitrogens is 2. The third-order valence-corrected chi connectivity index (χ3v) is 2.86. The maximum atomic E-state index is 5.91. The number of nitrogens with two attached hydrogens (primary N) is 1. The summed E-state index contributed by atoms with van der Waals surface area (Å²) in [4.78, 5) is 10.5. The van der Waals surface area contributed by atoms with Crippen LogP contribution in [-0.4, -0.2) is 36.8 Å². The highest BCUT2D eigenvalue weighted by atomic mass is 16.5. The molecule has 0 aromatic carbocycles. The molecular formula is C12H22N4O. The van der Waals surface area contributed by atoms with Gasteiger partial charge in [-0.15, -0.1) is 0 Å². The van der Waals surface area contributed by atoms with Crippen LogP contribution in [0.1, 0.15) is 25.8 Å². The average molecular weight is 238 g/mol. The third kappa shape index (κ3) is 3.30. The number of hydrogen-bond donors (Lipinski definition) is 1. The van der Waals surface area contributed by atoms with Gasteiger partial charge >= 0.3 is 0 Å². The lowest BCUT2D eigenvalue weighted by molar-refractivity contribution is 0.183. The van der Waals surface area contributed by atoms with E-state index in [1.165, 1.54) is 6.33 Å². The SMILES string of the molecule is CCCc1c(N)ncnc1N(C)C(C)COC. The topological polar surface area (TPSA) is 64.3 Å². The van der Waals surface area contributed by atoms with E-state index >= 15 is 0 Å². The van der Waals surface area contributed by atoms with E-state index in [-0.39, 0.29) is 6.04 Å². The first kappa shape index (κ1) is 13.7. The molecule has 96 valence electrons. The Hall–Kier alpha value is -1.36. The van der Waals surface area contributed by atoms with Crippen LogP contribution in [0.5, 0.6) is 0 Å². The van der Waals surface area contributed by atoms with Gasteiger partial charge in [-0.05, 0) is 13.3 Å². The molecule has 0 aliphatic carbocycles. The number of rotatable bonds is 6. The maximum absolute atomic E-state index is 5.91. The molecular weight excluding hydrogens is 216 g/mol. The lowest BCUT2D eigenvalue weighted by Crippen LogP contribution is -2.34. The minimum Gasteiger partial charge on any atom is -0.383 e. The van der Waals surface area contributed by atoms with Gasteiger partial charge in [0.2, 0.25) is 0 Å². The number of anilines is 2. The zero-order valence-corrected chi connectivity index (χ0v) is 11.1. The fourth-order valence-corrected chi connectivity index (χ4v) is 1.77. The summed E-state index contributed by atoms with van der Waals surface area (Å²) in [6, 6.07) is 0.255. The maximum Gasteiger partial charge on any atom is 0.137 e. The van der Waals surface area contributed by atoms with Crippen molar-refractivity contribution in [1.82, 2.24) is 9.97 Å². The van der Waals surface area contributed by atoms with Gasteiger partial charge in [0.1, 0.15) is 18.0 Å². The molecule has 2 N–H and O–H groups in total. The van der Waals surface area contributed by atoms with Gasteiger partial charge in [-0.25, -0.2) is 9.97 Å². The van der Waals surface area contributed by atoms with Gasteiger partial charge < -0.3 is 15.4 Å². The Morgan fingerprint density at radius 1 is 1.47 bits per heavy atom. The third-order valence-electron chi connectivity index (χ3n) is 2.86. The Morgan fingerprint density at radius 3 is 2.76 bits per heavy atom. The van der Waals surface area contributed by atoms with E-state index in [9.17, 15) is 0 Å². The van der Waals surface area contributed by atoms with E-state index in [4.69, 9.17) is 10.5 Å². The fraction of sp³-hybridized carbons (Fsp3) is 0.667. The van der Waals surface area contributed by atoms with Gasteiger partial charge in [-0.1, -0.05) is 13.3 Å². The lowest BCUT2D eigenvalue weighted by Gasteiger charge is -2.27. The summed E-state index contributed by atoms with van der Waals surface area (Å²) in [5, 5.41) is 0. The normalized spacial score (nSPS) is 12.5. The second-order valence-corrected chi connectivity index (χ2v) is 4.23. The van der Waals surface area contributed by atoms with Crippen LogP contribution in [0.25, 0.3) is 0 Å². The van der Waals surface area contributed by atoms with Gasteiger partial charge in [0.15, 0.2) is 0 Å². The van der Waals surface area contributed by atoms with E-state index in [1.54, 1.807) is 7.11 Å². The largest absolute Gasteiger partial charge is 0.383 e. The van der Waals surface area contributed by atoms with Crippen molar-refractivity contribution in [1.29, 1.82) is 0 Å². The quantitative estimate of drug-likeness (QED) is 0.813. The summed E-state index contributed by atoms with van der Waals surface area (Å²) in [6.07, 6.45) is 3.43. The number of nitrogen functional groups attached to an aromatic ring is 1. The molecule has 1 heterocycles. The molecule has 1 aromatic heterocycles. The smallest absolute Gasteiger partial charge is 0.137 e. The van der Waals surface area contributed by atoms with Crippen molar-refractivity contribution in [3.63, 3.8) is 0 Å². The minimum atomic E-state index is 0.255. The molecule has 0 aliphatic rings. The van der Waals surface area contributed by atoms with Crippen LogP contribution < -0.4 is 10.6 Å². The van der Waals surface area contributed by atoms with Crippen molar-refractivity contribution < 1.29 is 4.74 Å². The molecule has 0 bridgehead atoms. The van der Waals surface area contributed by atoms with Crippen molar-refractivity contribution in [2.45, 2.75) is 32.7 Å². The summed E-state index contributed by atoms with van der Waals surface area (Å²) in [7, 11) is 3.70. The summed E-state index contributed by atoms with van der Waals surface area (Å²) < 4.78 is 5.16. The first-order valence-corrected chi connectivity index (χ1v) is 5.92. The van der Waals surface area contributed by atoms with Crippen molar-refractivity contribution in [3.8, 4) is 0 Å². The van der Waals surface area contributed by atoms with Crippen molar-refractivity contribution >= 4 is 11.6 Å². The summed E-state index contributed by atoms with van der Waals surface area (Å²) in [5.74, 6) is 1.48. The van der Waals surface area contributed by atoms with E-state index in [1.807, 2.05) is 7.05 Å². The van der Waals surface area contributed by atoms with E-state index < -0.39 is 0 Å². The second kappa shape index (κ2) is 6.39. The monoisotopic (exact) mass is 238 g/mol. The van der Waals surface area contributed by atoms with E-state index in [0.29, 0.717) is 12.4 Å². The Bertz CT molecular complexity index is 356. The molecule has 0 fully saturated rings. The predicted octanol–water partition coefficient (Wildman–Crippen LogP) is 1.48. The summed E-state index contributed by atoms with van der Waals surface area (Å²) >= 11 is 0. The zero-order chi connectivity index (χ0) is 12.8. The molecule has 1 aromatic rings. The molecule has 0 saturated carbocycles. The van der Waals surface area contributed by atoms with E-state index in [2.05, 4.69) is 28.7 Å². The highest BCUT2D eigenvalue weighted by Crippen LogP contribution is 2.23. The molecule has 1 unspecified atom stereocenters. The highest BCUT2D eigenvalue weighted by molar-refractivity contribution is 5.56. The molecule has 1 atom stereocenters. The number of ether oxygens (including phenoxy) is 1. The zero-order valence-electron chi connectivity index (χ0n) is 11.1. The van der Waals surface area contributed by atoms with Crippen LogP contribution in [0.4, 0.5) is 11.6 Å². The first-order chi connectivity index (χ1) is 8.11. The molecule has 0 radical (unpaired) electrons. The molecule has 1 rings (SSSR count). The van der Waals surface area contributed by atoms with Crippen LogP contribution in [0.2, 0.25) is 0 Å². The number of likely N-dealkylation sites (N-methyl/N-ethyl adjacent to an activating group) is 1. The van der Waals surface area contributed by atoms with Crippen molar-refractivity contribution in [2.75, 3.05) is 31.4 Å². The summed E-state index contributed by atoms with van der Waals surface area (Å²) in [6.45, 7) is 4.87. The van der Waals surface area contributed by atoms with Gasteiger partial charge in [-0.3, -0.25) is 0 Å². The standard InChI is InChI=1S/C12H22N4O/c1-5-6-10-11(13)14-8-15-12(10)16(3)9(2)7-17-4/h8-9H,5-7H2,1-4H3,(H2,13,14,15). The van der Waals surface area contributed by atoms with Crippen LogP contribution in [0.15, 0.2) is 6.33 Å². The van der Waals surface area contributed by atoms with Gasteiger partial charge in [0.05, 0.1) is 12.6 Å².